The van der Waals surface area contributed by atoms with Crippen LogP contribution in [0.25, 0.3) is 0 Å². The molecule has 0 aliphatic rings. The van der Waals surface area contributed by atoms with E-state index < -0.39 is 23.2 Å². The summed E-state index contributed by atoms with van der Waals surface area (Å²) in [5, 5.41) is 35.4. The van der Waals surface area contributed by atoms with Gasteiger partial charge in [-0.05, 0) is 30.6 Å². The van der Waals surface area contributed by atoms with E-state index in [1.54, 1.807) is 6.92 Å². The fourth-order valence-corrected chi connectivity index (χ4v) is 1.89. The zero-order chi connectivity index (χ0) is 14.7. The Balaban J connectivity index is 2.10. The van der Waals surface area contributed by atoms with Crippen molar-refractivity contribution in [2.24, 2.45) is 5.10 Å². The highest BCUT2D eigenvalue weighted by atomic mass is 32.1. The molecule has 0 spiro atoms. The van der Waals surface area contributed by atoms with Gasteiger partial charge >= 0.3 is 0 Å². The Bertz CT molecular complexity index is 683. The van der Waals surface area contributed by atoms with Crippen LogP contribution >= 0.6 is 11.5 Å². The molecule has 0 aliphatic carbocycles. The van der Waals surface area contributed by atoms with Crippen LogP contribution in [-0.4, -0.2) is 37.0 Å². The number of carbonyl (C=O) groups is 1. The van der Waals surface area contributed by atoms with E-state index in [0.717, 1.165) is 17.7 Å². The molecule has 4 N–H and O–H groups in total. The summed E-state index contributed by atoms with van der Waals surface area (Å²) in [5.74, 6) is -2.10. The lowest BCUT2D eigenvalue weighted by atomic mass is 10.2. The number of aromatic hydroxyl groups is 3. The van der Waals surface area contributed by atoms with Gasteiger partial charge in [-0.1, -0.05) is 4.49 Å². The minimum Gasteiger partial charge on any atom is -0.504 e. The molecular formula is C11H10N4O4S. The van der Waals surface area contributed by atoms with E-state index >= 15 is 0 Å². The summed E-state index contributed by atoms with van der Waals surface area (Å²) in [6.45, 7) is 1.64. The van der Waals surface area contributed by atoms with Crippen LogP contribution in [0.4, 0.5) is 0 Å². The molecule has 1 aromatic heterocycles. The molecule has 0 fully saturated rings. The van der Waals surface area contributed by atoms with Crippen LogP contribution < -0.4 is 5.43 Å². The molecule has 0 saturated heterocycles. The number of hydrogen-bond acceptors (Lipinski definition) is 8. The Hall–Kier alpha value is -2.68. The quantitative estimate of drug-likeness (QED) is 0.375. The maximum atomic E-state index is 11.7. The van der Waals surface area contributed by atoms with Crippen LogP contribution in [0.3, 0.4) is 0 Å². The highest BCUT2D eigenvalue weighted by Gasteiger charge is 2.12. The molecule has 0 radical (unpaired) electrons. The molecule has 9 heteroatoms. The van der Waals surface area contributed by atoms with Crippen molar-refractivity contribution >= 4 is 23.7 Å². The first-order valence-corrected chi connectivity index (χ1v) is 6.14. The lowest BCUT2D eigenvalue weighted by Gasteiger charge is -2.03. The largest absolute Gasteiger partial charge is 0.504 e. The Morgan fingerprint density at radius 3 is 2.75 bits per heavy atom. The van der Waals surface area contributed by atoms with E-state index in [1.807, 2.05) is 0 Å². The van der Waals surface area contributed by atoms with E-state index in [-0.39, 0.29) is 5.56 Å². The normalized spacial score (nSPS) is 10.8. The van der Waals surface area contributed by atoms with Crippen molar-refractivity contribution in [3.05, 3.63) is 28.3 Å². The maximum absolute atomic E-state index is 11.7. The summed E-state index contributed by atoms with van der Waals surface area (Å²) in [5.41, 5.74) is 2.87. The fraction of sp³-hybridized carbons (Fsp3) is 0.0909. The highest BCUT2D eigenvalue weighted by Crippen LogP contribution is 2.36. The molecule has 0 saturated carbocycles. The van der Waals surface area contributed by atoms with E-state index in [9.17, 15) is 15.0 Å². The minimum atomic E-state index is -0.650. The first-order chi connectivity index (χ1) is 9.50. The lowest BCUT2D eigenvalue weighted by molar-refractivity contribution is 0.0958. The van der Waals surface area contributed by atoms with Crippen molar-refractivity contribution in [1.29, 1.82) is 0 Å². The average Bonchev–Trinajstić information content (AvgIpc) is 2.85. The first-order valence-electron chi connectivity index (χ1n) is 5.37. The van der Waals surface area contributed by atoms with Crippen molar-refractivity contribution in [2.75, 3.05) is 0 Å². The smallest absolute Gasteiger partial charge is 0.285 e. The van der Waals surface area contributed by atoms with Gasteiger partial charge in [0, 0.05) is 5.56 Å². The Morgan fingerprint density at radius 2 is 2.10 bits per heavy atom. The van der Waals surface area contributed by atoms with E-state index in [0.29, 0.717) is 10.6 Å². The third kappa shape index (κ3) is 2.67. The molecule has 2 rings (SSSR count). The van der Waals surface area contributed by atoms with Gasteiger partial charge in [0.25, 0.3) is 5.91 Å². The second-order valence-corrected chi connectivity index (χ2v) is 4.51. The number of aryl methyl sites for hydroxylation is 1. The van der Waals surface area contributed by atoms with Gasteiger partial charge < -0.3 is 15.3 Å². The number of phenols is 3. The summed E-state index contributed by atoms with van der Waals surface area (Å²) >= 11 is 0.942. The number of aromatic nitrogens is 2. The Labute approximate surface area is 117 Å². The topological polar surface area (TPSA) is 128 Å². The molecule has 0 atom stereocenters. The number of benzene rings is 1. The predicted octanol–water partition coefficient (Wildman–Crippen LogP) is 0.727. The molecule has 2 aromatic rings. The lowest BCUT2D eigenvalue weighted by Crippen LogP contribution is -2.17. The van der Waals surface area contributed by atoms with Crippen molar-refractivity contribution < 1.29 is 20.1 Å². The molecule has 1 amide bonds. The predicted molar refractivity (Wildman–Crippen MR) is 71.1 cm³/mol. The summed E-state index contributed by atoms with van der Waals surface area (Å²) in [7, 11) is 0. The maximum Gasteiger partial charge on any atom is 0.285 e. The number of rotatable bonds is 3. The highest BCUT2D eigenvalue weighted by molar-refractivity contribution is 7.07. The van der Waals surface area contributed by atoms with Crippen molar-refractivity contribution in [2.45, 2.75) is 6.92 Å². The molecule has 8 nitrogen and oxygen atoms in total. The molecular weight excluding hydrogens is 284 g/mol. The molecule has 1 heterocycles. The summed E-state index contributed by atoms with van der Waals surface area (Å²) in [6.07, 6.45) is 1.14. The first kappa shape index (κ1) is 13.7. The molecule has 104 valence electrons. The Morgan fingerprint density at radius 1 is 1.35 bits per heavy atom. The van der Waals surface area contributed by atoms with E-state index in [1.165, 1.54) is 12.1 Å². The number of hydrogen-bond donors (Lipinski definition) is 4. The number of nitrogens with zero attached hydrogens (tertiary/aromatic N) is 3. The van der Waals surface area contributed by atoms with Crippen LogP contribution in [0.2, 0.25) is 0 Å². The number of nitrogens with one attached hydrogen (secondary N) is 1. The van der Waals surface area contributed by atoms with Crippen molar-refractivity contribution in [3.8, 4) is 17.2 Å². The number of carbonyl (C=O) groups excluding carboxylic acids is 1. The van der Waals surface area contributed by atoms with Crippen LogP contribution in [0.5, 0.6) is 17.2 Å². The van der Waals surface area contributed by atoms with Crippen LogP contribution in [-0.2, 0) is 0 Å². The second-order valence-electron chi connectivity index (χ2n) is 3.76. The zero-order valence-electron chi connectivity index (χ0n) is 10.2. The monoisotopic (exact) mass is 294 g/mol. The Kier molecular flexibility index (Phi) is 3.80. The summed E-state index contributed by atoms with van der Waals surface area (Å²) in [6, 6.07) is 2.52. The number of phenolic OH excluding ortho intramolecular Hbond substituents is 3. The van der Waals surface area contributed by atoms with E-state index in [2.05, 4.69) is 20.1 Å². The van der Waals surface area contributed by atoms with Gasteiger partial charge in [0.15, 0.2) is 11.5 Å². The van der Waals surface area contributed by atoms with Crippen molar-refractivity contribution in [1.82, 2.24) is 15.0 Å². The molecule has 0 bridgehead atoms. The van der Waals surface area contributed by atoms with Gasteiger partial charge in [-0.15, -0.1) is 5.10 Å². The number of amides is 1. The van der Waals surface area contributed by atoms with Gasteiger partial charge in [-0.2, -0.15) is 5.10 Å². The molecule has 1 aromatic carbocycles. The zero-order valence-corrected chi connectivity index (χ0v) is 11.0. The van der Waals surface area contributed by atoms with Crippen LogP contribution in [0.15, 0.2) is 17.2 Å². The third-order valence-corrected chi connectivity index (χ3v) is 3.22. The SMILES string of the molecule is Cc1nnsc1C(=O)NN=Cc1ccc(O)c(O)c1O. The average molecular weight is 294 g/mol. The second kappa shape index (κ2) is 5.53. The van der Waals surface area contributed by atoms with Crippen molar-refractivity contribution in [3.63, 3.8) is 0 Å². The van der Waals surface area contributed by atoms with Gasteiger partial charge in [-0.3, -0.25) is 4.79 Å². The van der Waals surface area contributed by atoms with E-state index in [4.69, 9.17) is 5.11 Å². The van der Waals surface area contributed by atoms with Gasteiger partial charge in [0.05, 0.1) is 11.9 Å². The molecule has 0 unspecified atom stereocenters. The van der Waals surface area contributed by atoms with Gasteiger partial charge in [0.2, 0.25) is 5.75 Å². The number of hydrazone groups is 1. The molecule has 0 aliphatic heterocycles. The van der Waals surface area contributed by atoms with Crippen LogP contribution in [0, 0.1) is 6.92 Å². The third-order valence-electron chi connectivity index (χ3n) is 2.39. The summed E-state index contributed by atoms with van der Waals surface area (Å²) < 4.78 is 3.62. The fourth-order valence-electron chi connectivity index (χ4n) is 1.34. The summed E-state index contributed by atoms with van der Waals surface area (Å²) in [4.78, 5) is 12.0. The van der Waals surface area contributed by atoms with Gasteiger partial charge in [-0.25, -0.2) is 5.43 Å². The minimum absolute atomic E-state index is 0.139. The standard InChI is InChI=1S/C11H10N4O4S/c1-5-10(20-15-13-5)11(19)14-12-4-6-2-3-7(16)9(18)8(6)17/h2-4,16-18H,1H3,(H,14,19). The van der Waals surface area contributed by atoms with Gasteiger partial charge in [0.1, 0.15) is 4.88 Å². The molecule has 20 heavy (non-hydrogen) atoms. The van der Waals surface area contributed by atoms with Crippen LogP contribution in [0.1, 0.15) is 20.9 Å².